The second-order valence-corrected chi connectivity index (χ2v) is 5.55. The average Bonchev–Trinajstić information content (AvgIpc) is 2.36. The molecule has 1 aromatic rings. The molecule has 0 bridgehead atoms. The summed E-state index contributed by atoms with van der Waals surface area (Å²) < 4.78 is 0. The number of carbonyl (C=O) groups excluding carboxylic acids is 1. The van der Waals surface area contributed by atoms with E-state index in [0.717, 1.165) is 25.1 Å². The molecule has 0 aromatic heterocycles. The maximum Gasteiger partial charge on any atom is 0.161 e. The third-order valence-corrected chi connectivity index (χ3v) is 4.01. The molecule has 3 N–H and O–H groups in total. The Bertz CT molecular complexity index is 472. The number of nitrogen functional groups attached to an aromatic ring is 1. The van der Waals surface area contributed by atoms with Crippen LogP contribution >= 0.6 is 0 Å². The molecule has 104 valence electrons. The number of hydrogen-bond acceptors (Lipinski definition) is 4. The monoisotopic (exact) mass is 261 g/mol. The Kier molecular flexibility index (Phi) is 4.10. The van der Waals surface area contributed by atoms with Gasteiger partial charge in [0.05, 0.1) is 0 Å². The van der Waals surface area contributed by atoms with E-state index in [-0.39, 0.29) is 5.78 Å². The molecule has 1 saturated heterocycles. The van der Waals surface area contributed by atoms with Crippen molar-refractivity contribution in [2.75, 3.05) is 24.6 Å². The molecule has 4 nitrogen and oxygen atoms in total. The van der Waals surface area contributed by atoms with Crippen LogP contribution in [0, 0.1) is 0 Å². The van der Waals surface area contributed by atoms with Crippen molar-refractivity contribution >= 4 is 17.2 Å². The summed E-state index contributed by atoms with van der Waals surface area (Å²) in [6.45, 7) is 4.90. The average molecular weight is 261 g/mol. The van der Waals surface area contributed by atoms with Crippen molar-refractivity contribution in [2.45, 2.75) is 38.8 Å². The van der Waals surface area contributed by atoms with Crippen molar-refractivity contribution in [1.29, 1.82) is 0 Å². The Labute approximate surface area is 115 Å². The lowest BCUT2D eigenvalue weighted by molar-refractivity contribution is 0.101. The lowest BCUT2D eigenvalue weighted by Crippen LogP contribution is -2.42. The van der Waals surface area contributed by atoms with Crippen molar-refractivity contribution < 1.29 is 4.79 Å². The molecular weight excluding hydrogens is 238 g/mol. The maximum absolute atomic E-state index is 11.5. The second-order valence-electron chi connectivity index (χ2n) is 5.55. The molecule has 2 rings (SSSR count). The van der Waals surface area contributed by atoms with Gasteiger partial charge in [-0.2, -0.15) is 0 Å². The molecule has 0 radical (unpaired) electrons. The van der Waals surface area contributed by atoms with Gasteiger partial charge in [0.15, 0.2) is 5.78 Å². The molecule has 4 heteroatoms. The van der Waals surface area contributed by atoms with Crippen LogP contribution in [-0.4, -0.2) is 36.4 Å². The van der Waals surface area contributed by atoms with E-state index in [9.17, 15) is 4.79 Å². The number of nitrogens with one attached hydrogen (secondary N) is 1. The molecule has 19 heavy (non-hydrogen) atoms. The summed E-state index contributed by atoms with van der Waals surface area (Å²) in [5.41, 5.74) is 7.95. The number of piperidine rings is 1. The highest BCUT2D eigenvalue weighted by atomic mass is 16.1. The quantitative estimate of drug-likeness (QED) is 0.648. The van der Waals surface area contributed by atoms with Gasteiger partial charge in [-0.3, -0.25) is 4.79 Å². The van der Waals surface area contributed by atoms with E-state index in [4.69, 9.17) is 5.73 Å². The topological polar surface area (TPSA) is 58.4 Å². The minimum absolute atomic E-state index is 0.0119. The number of benzene rings is 1. The number of nitrogens with zero attached hydrogens (tertiary/aromatic N) is 1. The first-order valence-corrected chi connectivity index (χ1v) is 6.84. The molecule has 0 saturated carbocycles. The van der Waals surface area contributed by atoms with Gasteiger partial charge in [0.25, 0.3) is 0 Å². The number of ketones is 1. The Balaban J connectivity index is 2.07. The lowest BCUT2D eigenvalue weighted by atomic mass is 9.98. The first-order chi connectivity index (χ1) is 8.97. The van der Waals surface area contributed by atoms with E-state index in [0.29, 0.717) is 23.3 Å². The Morgan fingerprint density at radius 1 is 1.47 bits per heavy atom. The van der Waals surface area contributed by atoms with Crippen molar-refractivity contribution in [3.63, 3.8) is 0 Å². The second kappa shape index (κ2) is 5.61. The SMILES string of the molecule is CC(=O)c1cc(NC2CCN(C)C(C)C2)ccc1N. The number of likely N-dealkylation sites (tertiary alicyclic amines) is 1. The molecule has 1 fully saturated rings. The third kappa shape index (κ3) is 3.26. The van der Waals surface area contributed by atoms with E-state index in [1.165, 1.54) is 0 Å². The standard InChI is InChI=1S/C15H23N3O/c1-10-8-13(6-7-18(10)3)17-12-4-5-15(16)14(9-12)11(2)19/h4-5,9-10,13,17H,6-8,16H2,1-3H3. The van der Waals surface area contributed by atoms with Crippen molar-refractivity contribution in [3.05, 3.63) is 23.8 Å². The highest BCUT2D eigenvalue weighted by molar-refractivity contribution is 6.00. The molecule has 0 spiro atoms. The molecule has 2 atom stereocenters. The minimum atomic E-state index is 0.0119. The number of anilines is 2. The zero-order chi connectivity index (χ0) is 14.0. The van der Waals surface area contributed by atoms with E-state index < -0.39 is 0 Å². The van der Waals surface area contributed by atoms with Gasteiger partial charge in [-0.1, -0.05) is 0 Å². The van der Waals surface area contributed by atoms with Gasteiger partial charge in [0, 0.05) is 35.6 Å². The van der Waals surface area contributed by atoms with Crippen LogP contribution < -0.4 is 11.1 Å². The van der Waals surface area contributed by atoms with Gasteiger partial charge in [-0.15, -0.1) is 0 Å². The third-order valence-electron chi connectivity index (χ3n) is 4.01. The fraction of sp³-hybridized carbons (Fsp3) is 0.533. The fourth-order valence-electron chi connectivity index (χ4n) is 2.61. The highest BCUT2D eigenvalue weighted by Gasteiger charge is 2.22. The van der Waals surface area contributed by atoms with E-state index in [1.807, 2.05) is 12.1 Å². The smallest absolute Gasteiger partial charge is 0.161 e. The first kappa shape index (κ1) is 13.9. The van der Waals surface area contributed by atoms with Crippen LogP contribution in [0.1, 0.15) is 37.0 Å². The zero-order valence-corrected chi connectivity index (χ0v) is 11.9. The van der Waals surface area contributed by atoms with Crippen molar-refractivity contribution in [3.8, 4) is 0 Å². The Morgan fingerprint density at radius 2 is 2.21 bits per heavy atom. The summed E-state index contributed by atoms with van der Waals surface area (Å²) in [5, 5.41) is 3.52. The first-order valence-electron chi connectivity index (χ1n) is 6.84. The van der Waals surface area contributed by atoms with Gasteiger partial charge < -0.3 is 16.0 Å². The number of rotatable bonds is 3. The van der Waals surface area contributed by atoms with Gasteiger partial charge >= 0.3 is 0 Å². The summed E-state index contributed by atoms with van der Waals surface area (Å²) in [5.74, 6) is 0.0119. The largest absolute Gasteiger partial charge is 0.398 e. The summed E-state index contributed by atoms with van der Waals surface area (Å²) in [7, 11) is 2.16. The molecule has 0 aliphatic carbocycles. The van der Waals surface area contributed by atoms with Gasteiger partial charge in [0.2, 0.25) is 0 Å². The lowest BCUT2D eigenvalue weighted by Gasteiger charge is -2.35. The minimum Gasteiger partial charge on any atom is -0.398 e. The van der Waals surface area contributed by atoms with E-state index in [2.05, 4.69) is 24.2 Å². The molecule has 1 aliphatic rings. The summed E-state index contributed by atoms with van der Waals surface area (Å²) in [6.07, 6.45) is 2.25. The predicted octanol–water partition coefficient (Wildman–Crippen LogP) is 2.37. The maximum atomic E-state index is 11.5. The Hall–Kier alpha value is -1.55. The van der Waals surface area contributed by atoms with Gasteiger partial charge in [0.1, 0.15) is 0 Å². The summed E-state index contributed by atoms with van der Waals surface area (Å²) in [6, 6.07) is 6.67. The van der Waals surface area contributed by atoms with Crippen molar-refractivity contribution in [2.24, 2.45) is 0 Å². The molecular formula is C15H23N3O. The molecule has 1 heterocycles. The van der Waals surface area contributed by atoms with Crippen LogP contribution in [0.25, 0.3) is 0 Å². The van der Waals surface area contributed by atoms with Crippen LogP contribution in [0.2, 0.25) is 0 Å². The zero-order valence-electron chi connectivity index (χ0n) is 11.9. The van der Waals surface area contributed by atoms with Gasteiger partial charge in [-0.05, 0) is 51.9 Å². The molecule has 2 unspecified atom stereocenters. The van der Waals surface area contributed by atoms with Gasteiger partial charge in [-0.25, -0.2) is 0 Å². The Morgan fingerprint density at radius 3 is 2.84 bits per heavy atom. The number of hydrogen-bond donors (Lipinski definition) is 2. The van der Waals surface area contributed by atoms with E-state index in [1.54, 1.807) is 13.0 Å². The molecule has 1 aromatic carbocycles. The molecule has 1 aliphatic heterocycles. The van der Waals surface area contributed by atoms with E-state index >= 15 is 0 Å². The predicted molar refractivity (Wildman–Crippen MR) is 79.6 cm³/mol. The number of Topliss-reactive ketones (excluding diaryl/α,β-unsaturated/α-hetero) is 1. The van der Waals surface area contributed by atoms with Crippen LogP contribution in [0.5, 0.6) is 0 Å². The van der Waals surface area contributed by atoms with Crippen LogP contribution in [0.15, 0.2) is 18.2 Å². The van der Waals surface area contributed by atoms with Crippen LogP contribution in [-0.2, 0) is 0 Å². The summed E-state index contributed by atoms with van der Waals surface area (Å²) >= 11 is 0. The normalized spacial score (nSPS) is 24.2. The highest BCUT2D eigenvalue weighted by Crippen LogP contribution is 2.23. The fourth-order valence-corrected chi connectivity index (χ4v) is 2.61. The van der Waals surface area contributed by atoms with Crippen LogP contribution in [0.3, 0.4) is 0 Å². The van der Waals surface area contributed by atoms with Crippen molar-refractivity contribution in [1.82, 2.24) is 4.90 Å². The molecule has 0 amide bonds. The number of nitrogens with two attached hydrogens (primary N) is 1. The summed E-state index contributed by atoms with van der Waals surface area (Å²) in [4.78, 5) is 13.9. The number of carbonyl (C=O) groups is 1. The van der Waals surface area contributed by atoms with Crippen LogP contribution in [0.4, 0.5) is 11.4 Å².